The van der Waals surface area contributed by atoms with E-state index in [1.165, 1.54) is 11.3 Å². The highest BCUT2D eigenvalue weighted by molar-refractivity contribution is 5.91. The predicted molar refractivity (Wildman–Crippen MR) is 81.6 cm³/mol. The summed E-state index contributed by atoms with van der Waals surface area (Å²) in [6.07, 6.45) is 5.04. The third-order valence-corrected chi connectivity index (χ3v) is 3.83. The molecule has 1 aromatic carbocycles. The Hall–Kier alpha value is -2.67. The number of aromatic nitrogens is 3. The summed E-state index contributed by atoms with van der Waals surface area (Å²) >= 11 is 0. The highest BCUT2D eigenvalue weighted by Crippen LogP contribution is 2.15. The molecule has 1 amide bonds. The molecule has 23 heavy (non-hydrogen) atoms. The van der Waals surface area contributed by atoms with Crippen LogP contribution in [0.25, 0.3) is 11.0 Å². The van der Waals surface area contributed by atoms with Crippen molar-refractivity contribution in [3.05, 3.63) is 48.4 Å². The number of oxazole rings is 1. The molecule has 0 bridgehead atoms. The fourth-order valence-electron chi connectivity index (χ4n) is 2.65. The lowest BCUT2D eigenvalue weighted by molar-refractivity contribution is -0.144. The lowest BCUT2D eigenvalue weighted by Crippen LogP contribution is -2.35. The van der Waals surface area contributed by atoms with Gasteiger partial charge in [-0.3, -0.25) is 9.63 Å². The maximum absolute atomic E-state index is 12.3. The summed E-state index contributed by atoms with van der Waals surface area (Å²) in [6.45, 7) is 1.58. The zero-order chi connectivity index (χ0) is 15.6. The first-order valence-electron chi connectivity index (χ1n) is 7.60. The smallest absolute Gasteiger partial charge is 0.299 e. The van der Waals surface area contributed by atoms with E-state index in [0.717, 1.165) is 23.9 Å². The molecule has 7 heteroatoms. The summed E-state index contributed by atoms with van der Waals surface area (Å²) in [5, 5.41) is 1.36. The highest BCUT2D eigenvalue weighted by Gasteiger charge is 2.22. The molecule has 0 spiro atoms. The van der Waals surface area contributed by atoms with Gasteiger partial charge in [-0.2, -0.15) is 0 Å². The molecule has 118 valence electrons. The lowest BCUT2D eigenvalue weighted by Gasteiger charge is -2.24. The Balaban J connectivity index is 1.52. The standard InChI is InChI=1S/C16H16N4O3/c21-16(20-7-3-4-8-23-20)13-10-22-15(18-13)9-19-11-17-12-5-1-2-6-14(12)19/h1-2,5-6,10-11H,3-4,7-9H2. The van der Waals surface area contributed by atoms with Gasteiger partial charge in [0, 0.05) is 6.54 Å². The van der Waals surface area contributed by atoms with E-state index in [1.54, 1.807) is 6.33 Å². The van der Waals surface area contributed by atoms with E-state index in [2.05, 4.69) is 9.97 Å². The van der Waals surface area contributed by atoms with E-state index < -0.39 is 0 Å². The second-order valence-corrected chi connectivity index (χ2v) is 5.44. The van der Waals surface area contributed by atoms with Gasteiger partial charge >= 0.3 is 0 Å². The second kappa shape index (κ2) is 5.85. The number of fused-ring (bicyclic) bond motifs is 1. The predicted octanol–water partition coefficient (Wildman–Crippen LogP) is 2.24. The summed E-state index contributed by atoms with van der Waals surface area (Å²) < 4.78 is 7.37. The zero-order valence-corrected chi connectivity index (χ0v) is 12.5. The molecular formula is C16H16N4O3. The SMILES string of the molecule is O=C(c1coc(Cn2cnc3ccccc32)n1)N1CCCCO1. The minimum atomic E-state index is -0.254. The molecule has 1 saturated heterocycles. The molecule has 1 aliphatic heterocycles. The Morgan fingerprint density at radius 1 is 1.26 bits per heavy atom. The molecule has 7 nitrogen and oxygen atoms in total. The van der Waals surface area contributed by atoms with Crippen molar-refractivity contribution in [3.8, 4) is 0 Å². The third kappa shape index (κ3) is 2.70. The van der Waals surface area contributed by atoms with Gasteiger partial charge in [-0.25, -0.2) is 15.0 Å². The van der Waals surface area contributed by atoms with Gasteiger partial charge in [0.2, 0.25) is 5.89 Å². The molecule has 0 atom stereocenters. The number of carbonyl (C=O) groups excluding carboxylic acids is 1. The Labute approximate surface area is 132 Å². The van der Waals surface area contributed by atoms with E-state index in [-0.39, 0.29) is 11.6 Å². The first-order chi connectivity index (χ1) is 11.3. The summed E-state index contributed by atoms with van der Waals surface area (Å²) in [4.78, 5) is 26.3. The van der Waals surface area contributed by atoms with E-state index in [1.807, 2.05) is 28.8 Å². The third-order valence-electron chi connectivity index (χ3n) is 3.83. The minimum Gasteiger partial charge on any atom is -0.446 e. The van der Waals surface area contributed by atoms with Gasteiger partial charge in [0.1, 0.15) is 12.8 Å². The molecule has 4 rings (SSSR count). The van der Waals surface area contributed by atoms with Crippen molar-refractivity contribution < 1.29 is 14.0 Å². The summed E-state index contributed by atoms with van der Waals surface area (Å²) in [5.74, 6) is 0.212. The van der Waals surface area contributed by atoms with Crippen LogP contribution < -0.4 is 0 Å². The quantitative estimate of drug-likeness (QED) is 0.741. The van der Waals surface area contributed by atoms with Crippen molar-refractivity contribution in [1.82, 2.24) is 19.6 Å². The van der Waals surface area contributed by atoms with Gasteiger partial charge in [0.15, 0.2) is 5.69 Å². The van der Waals surface area contributed by atoms with Crippen LogP contribution >= 0.6 is 0 Å². The van der Waals surface area contributed by atoms with Crippen LogP contribution in [0, 0.1) is 0 Å². The summed E-state index contributed by atoms with van der Waals surface area (Å²) in [5.41, 5.74) is 2.18. The number of carbonyl (C=O) groups is 1. The topological polar surface area (TPSA) is 73.4 Å². The second-order valence-electron chi connectivity index (χ2n) is 5.44. The minimum absolute atomic E-state index is 0.254. The van der Waals surface area contributed by atoms with Gasteiger partial charge in [-0.05, 0) is 25.0 Å². The van der Waals surface area contributed by atoms with Gasteiger partial charge in [0.25, 0.3) is 5.91 Å². The molecule has 2 aromatic heterocycles. The number of hydrogen-bond donors (Lipinski definition) is 0. The number of nitrogens with zero attached hydrogens (tertiary/aromatic N) is 4. The van der Waals surface area contributed by atoms with Gasteiger partial charge in [0.05, 0.1) is 24.0 Å². The number of para-hydroxylation sites is 2. The normalized spacial score (nSPS) is 15.2. The Morgan fingerprint density at radius 3 is 3.04 bits per heavy atom. The van der Waals surface area contributed by atoms with Crippen molar-refractivity contribution in [3.63, 3.8) is 0 Å². The molecular weight excluding hydrogens is 296 g/mol. The maximum Gasteiger partial charge on any atom is 0.299 e. The molecule has 0 saturated carbocycles. The first kappa shape index (κ1) is 14.0. The van der Waals surface area contributed by atoms with Crippen LogP contribution in [0.5, 0.6) is 0 Å². The largest absolute Gasteiger partial charge is 0.446 e. The number of hydrogen-bond acceptors (Lipinski definition) is 5. The Kier molecular flexibility index (Phi) is 3.55. The van der Waals surface area contributed by atoms with Crippen molar-refractivity contribution in [1.29, 1.82) is 0 Å². The van der Waals surface area contributed by atoms with Crippen LogP contribution in [-0.4, -0.2) is 38.7 Å². The van der Waals surface area contributed by atoms with Crippen molar-refractivity contribution in [2.45, 2.75) is 19.4 Å². The number of imidazole rings is 1. The van der Waals surface area contributed by atoms with Crippen LogP contribution in [0.4, 0.5) is 0 Å². The molecule has 0 N–H and O–H groups in total. The molecule has 3 aromatic rings. The first-order valence-corrected chi connectivity index (χ1v) is 7.60. The van der Waals surface area contributed by atoms with Gasteiger partial charge in [-0.15, -0.1) is 0 Å². The van der Waals surface area contributed by atoms with Crippen molar-refractivity contribution in [2.75, 3.05) is 13.2 Å². The van der Waals surface area contributed by atoms with Crippen molar-refractivity contribution in [2.24, 2.45) is 0 Å². The molecule has 1 aliphatic rings. The Bertz CT molecular complexity index is 833. The van der Waals surface area contributed by atoms with Crippen LogP contribution in [0.2, 0.25) is 0 Å². The van der Waals surface area contributed by atoms with Gasteiger partial charge in [-0.1, -0.05) is 12.1 Å². The number of hydroxylamine groups is 2. The molecule has 1 fully saturated rings. The number of benzene rings is 1. The van der Waals surface area contributed by atoms with Crippen LogP contribution in [0.15, 0.2) is 41.3 Å². The Morgan fingerprint density at radius 2 is 2.17 bits per heavy atom. The fourth-order valence-corrected chi connectivity index (χ4v) is 2.65. The van der Waals surface area contributed by atoms with Gasteiger partial charge < -0.3 is 8.98 Å². The maximum atomic E-state index is 12.3. The monoisotopic (exact) mass is 312 g/mol. The average molecular weight is 312 g/mol. The number of amides is 1. The van der Waals surface area contributed by atoms with E-state index in [0.29, 0.717) is 25.6 Å². The highest BCUT2D eigenvalue weighted by atomic mass is 16.7. The molecule has 0 radical (unpaired) electrons. The molecule has 3 heterocycles. The summed E-state index contributed by atoms with van der Waals surface area (Å²) in [6, 6.07) is 7.84. The van der Waals surface area contributed by atoms with Crippen LogP contribution in [-0.2, 0) is 11.4 Å². The van der Waals surface area contributed by atoms with Crippen molar-refractivity contribution >= 4 is 16.9 Å². The van der Waals surface area contributed by atoms with E-state index in [9.17, 15) is 4.79 Å². The summed E-state index contributed by atoms with van der Waals surface area (Å²) in [7, 11) is 0. The zero-order valence-electron chi connectivity index (χ0n) is 12.5. The molecule has 0 aliphatic carbocycles. The lowest BCUT2D eigenvalue weighted by atomic mass is 10.3. The average Bonchev–Trinajstić information content (AvgIpc) is 3.23. The molecule has 0 unspecified atom stereocenters. The van der Waals surface area contributed by atoms with E-state index in [4.69, 9.17) is 9.25 Å². The number of rotatable bonds is 3. The van der Waals surface area contributed by atoms with E-state index >= 15 is 0 Å². The van der Waals surface area contributed by atoms with Crippen LogP contribution in [0.1, 0.15) is 29.2 Å². The van der Waals surface area contributed by atoms with Crippen LogP contribution in [0.3, 0.4) is 0 Å². The fraction of sp³-hybridized carbons (Fsp3) is 0.312.